The molecule has 1 atom stereocenters. The Balaban J connectivity index is 2.03. The molecule has 2 nitrogen and oxygen atoms in total. The van der Waals surface area contributed by atoms with E-state index in [-0.39, 0.29) is 16.8 Å². The Kier molecular flexibility index (Phi) is 4.40. The summed E-state index contributed by atoms with van der Waals surface area (Å²) in [6.07, 6.45) is 0. The molecule has 0 spiro atoms. The third-order valence-electron chi connectivity index (χ3n) is 3.03. The maximum absolute atomic E-state index is 13.4. The molecule has 0 aliphatic carbocycles. The van der Waals surface area contributed by atoms with Gasteiger partial charge in [0.1, 0.15) is 11.6 Å². The minimum absolute atomic E-state index is 0.0358. The summed E-state index contributed by atoms with van der Waals surface area (Å²) in [5, 5.41) is 13.0. The topological polar surface area (TPSA) is 32.3 Å². The van der Waals surface area contributed by atoms with Crippen molar-refractivity contribution in [1.29, 1.82) is 0 Å². The molecule has 2 N–H and O–H groups in total. The predicted octanol–water partition coefficient (Wildman–Crippen LogP) is 4.04. The molecule has 4 heteroatoms. The van der Waals surface area contributed by atoms with Gasteiger partial charge in [0.05, 0.1) is 5.02 Å². The fourth-order valence-corrected chi connectivity index (χ4v) is 1.94. The Morgan fingerprint density at radius 3 is 2.68 bits per heavy atom. The van der Waals surface area contributed by atoms with Gasteiger partial charge in [-0.3, -0.25) is 0 Å². The highest BCUT2D eigenvalue weighted by Crippen LogP contribution is 2.21. The number of aromatic hydroxyl groups is 1. The van der Waals surface area contributed by atoms with Crippen LogP contribution in [0.15, 0.2) is 42.5 Å². The lowest BCUT2D eigenvalue weighted by Crippen LogP contribution is -2.18. The number of phenols is 1. The molecule has 2 aromatic carbocycles. The van der Waals surface area contributed by atoms with Crippen molar-refractivity contribution in [3.8, 4) is 5.75 Å². The van der Waals surface area contributed by atoms with Crippen LogP contribution in [0.25, 0.3) is 0 Å². The monoisotopic (exact) mass is 279 g/mol. The van der Waals surface area contributed by atoms with Crippen molar-refractivity contribution in [2.75, 3.05) is 0 Å². The third-order valence-corrected chi connectivity index (χ3v) is 3.34. The first-order valence-electron chi connectivity index (χ1n) is 6.03. The molecule has 0 radical (unpaired) electrons. The van der Waals surface area contributed by atoms with Gasteiger partial charge >= 0.3 is 0 Å². The molecule has 2 rings (SSSR count). The van der Waals surface area contributed by atoms with Crippen LogP contribution in [-0.4, -0.2) is 5.11 Å². The number of halogens is 2. The predicted molar refractivity (Wildman–Crippen MR) is 74.8 cm³/mol. The molecule has 0 saturated heterocycles. The Bertz CT molecular complexity index is 574. The summed E-state index contributed by atoms with van der Waals surface area (Å²) >= 11 is 5.65. The number of phenolic OH excluding ortho intramolecular Hbond substituents is 1. The van der Waals surface area contributed by atoms with Crippen molar-refractivity contribution in [3.05, 3.63) is 64.4 Å². The number of hydrogen-bond acceptors (Lipinski definition) is 2. The van der Waals surface area contributed by atoms with E-state index < -0.39 is 5.82 Å². The van der Waals surface area contributed by atoms with Gasteiger partial charge in [0, 0.05) is 18.2 Å². The van der Waals surface area contributed by atoms with Gasteiger partial charge < -0.3 is 10.4 Å². The van der Waals surface area contributed by atoms with E-state index >= 15 is 0 Å². The Morgan fingerprint density at radius 2 is 2.00 bits per heavy atom. The average molecular weight is 280 g/mol. The van der Waals surface area contributed by atoms with Crippen LogP contribution in [0, 0.1) is 5.82 Å². The summed E-state index contributed by atoms with van der Waals surface area (Å²) in [4.78, 5) is 0. The van der Waals surface area contributed by atoms with Crippen LogP contribution >= 0.6 is 11.6 Å². The molecule has 19 heavy (non-hydrogen) atoms. The maximum Gasteiger partial charge on any atom is 0.142 e. The van der Waals surface area contributed by atoms with Crippen LogP contribution in [0.1, 0.15) is 24.1 Å². The minimum atomic E-state index is -0.421. The van der Waals surface area contributed by atoms with Crippen molar-refractivity contribution in [2.24, 2.45) is 0 Å². The highest BCUT2D eigenvalue weighted by Gasteiger charge is 2.09. The van der Waals surface area contributed by atoms with Crippen molar-refractivity contribution in [2.45, 2.75) is 19.5 Å². The van der Waals surface area contributed by atoms with Crippen LogP contribution in [0.4, 0.5) is 4.39 Å². The summed E-state index contributed by atoms with van der Waals surface area (Å²) < 4.78 is 13.4. The molecule has 0 aliphatic heterocycles. The van der Waals surface area contributed by atoms with Gasteiger partial charge in [-0.1, -0.05) is 35.9 Å². The van der Waals surface area contributed by atoms with Gasteiger partial charge in [0.25, 0.3) is 0 Å². The van der Waals surface area contributed by atoms with E-state index in [1.807, 2.05) is 19.1 Å². The molecular formula is C15H15ClFNO. The van der Waals surface area contributed by atoms with E-state index in [1.54, 1.807) is 24.3 Å². The maximum atomic E-state index is 13.4. The van der Waals surface area contributed by atoms with Crippen LogP contribution in [0.3, 0.4) is 0 Å². The zero-order valence-electron chi connectivity index (χ0n) is 10.5. The first-order valence-corrected chi connectivity index (χ1v) is 6.41. The second kappa shape index (κ2) is 6.04. The molecule has 0 saturated carbocycles. The lowest BCUT2D eigenvalue weighted by Gasteiger charge is -2.15. The van der Waals surface area contributed by atoms with Crippen LogP contribution < -0.4 is 5.32 Å². The minimum Gasteiger partial charge on any atom is -0.508 e. The van der Waals surface area contributed by atoms with Crippen molar-refractivity contribution >= 4 is 11.6 Å². The highest BCUT2D eigenvalue weighted by molar-refractivity contribution is 6.30. The number of para-hydroxylation sites is 1. The van der Waals surface area contributed by atoms with Crippen LogP contribution in [-0.2, 0) is 6.54 Å². The zero-order valence-corrected chi connectivity index (χ0v) is 11.3. The van der Waals surface area contributed by atoms with E-state index in [2.05, 4.69) is 5.32 Å². The van der Waals surface area contributed by atoms with Gasteiger partial charge in [-0.2, -0.15) is 0 Å². The normalized spacial score (nSPS) is 12.4. The Labute approximate surface area is 116 Å². The van der Waals surface area contributed by atoms with Crippen molar-refractivity contribution in [3.63, 3.8) is 0 Å². The average Bonchev–Trinajstić information content (AvgIpc) is 2.40. The van der Waals surface area contributed by atoms with Crippen molar-refractivity contribution in [1.82, 2.24) is 5.32 Å². The van der Waals surface area contributed by atoms with Gasteiger partial charge in [0.15, 0.2) is 0 Å². The quantitative estimate of drug-likeness (QED) is 0.885. The van der Waals surface area contributed by atoms with Gasteiger partial charge in [-0.05, 0) is 30.7 Å². The van der Waals surface area contributed by atoms with Crippen LogP contribution in [0.5, 0.6) is 5.75 Å². The lowest BCUT2D eigenvalue weighted by atomic mass is 10.1. The molecule has 100 valence electrons. The van der Waals surface area contributed by atoms with Gasteiger partial charge in [0.2, 0.25) is 0 Å². The van der Waals surface area contributed by atoms with Gasteiger partial charge in [-0.25, -0.2) is 4.39 Å². The standard InChI is InChI=1S/C15H15ClFNO/c1-10(11-6-7-13(16)14(17)8-11)18-9-12-4-2-3-5-15(12)19/h2-8,10,18-19H,9H2,1H3. The molecule has 0 fully saturated rings. The SMILES string of the molecule is CC(NCc1ccccc1O)c1ccc(Cl)c(F)c1. The number of rotatable bonds is 4. The fraction of sp³-hybridized carbons (Fsp3) is 0.200. The first kappa shape index (κ1) is 13.8. The molecule has 1 unspecified atom stereocenters. The zero-order chi connectivity index (χ0) is 13.8. The van der Waals surface area contributed by atoms with E-state index in [1.165, 1.54) is 6.07 Å². The molecule has 0 bridgehead atoms. The van der Waals surface area contributed by atoms with E-state index in [4.69, 9.17) is 11.6 Å². The molecule has 0 heterocycles. The fourth-order valence-electron chi connectivity index (χ4n) is 1.82. The smallest absolute Gasteiger partial charge is 0.142 e. The summed E-state index contributed by atoms with van der Waals surface area (Å²) in [5.74, 6) is -0.167. The third kappa shape index (κ3) is 3.46. The lowest BCUT2D eigenvalue weighted by molar-refractivity contribution is 0.460. The summed E-state index contributed by atoms with van der Waals surface area (Å²) in [6, 6.07) is 11.8. The van der Waals surface area contributed by atoms with E-state index in [0.29, 0.717) is 6.54 Å². The number of hydrogen-bond donors (Lipinski definition) is 2. The summed E-state index contributed by atoms with van der Waals surface area (Å²) in [6.45, 7) is 2.45. The molecule has 2 aromatic rings. The van der Waals surface area contributed by atoms with E-state index in [9.17, 15) is 9.50 Å². The van der Waals surface area contributed by atoms with Crippen molar-refractivity contribution < 1.29 is 9.50 Å². The molecule has 0 aliphatic rings. The van der Waals surface area contributed by atoms with E-state index in [0.717, 1.165) is 11.1 Å². The Morgan fingerprint density at radius 1 is 1.26 bits per heavy atom. The van der Waals surface area contributed by atoms with Gasteiger partial charge in [-0.15, -0.1) is 0 Å². The largest absolute Gasteiger partial charge is 0.508 e. The number of benzene rings is 2. The Hall–Kier alpha value is -1.58. The number of nitrogens with one attached hydrogen (secondary N) is 1. The molecule has 0 amide bonds. The summed E-state index contributed by atoms with van der Waals surface area (Å²) in [7, 11) is 0. The first-order chi connectivity index (χ1) is 9.08. The second-order valence-corrected chi connectivity index (χ2v) is 4.81. The highest BCUT2D eigenvalue weighted by atomic mass is 35.5. The molecular weight excluding hydrogens is 265 g/mol. The van der Waals surface area contributed by atoms with Crippen LogP contribution in [0.2, 0.25) is 5.02 Å². The molecule has 0 aromatic heterocycles. The second-order valence-electron chi connectivity index (χ2n) is 4.40. The summed E-state index contributed by atoms with van der Waals surface area (Å²) in [5.41, 5.74) is 1.63.